The highest BCUT2D eigenvalue weighted by atomic mass is 32.2. The second kappa shape index (κ2) is 11.1. The van der Waals surface area contributed by atoms with Crippen LogP contribution in [0.4, 0.5) is 15.2 Å². The van der Waals surface area contributed by atoms with Crippen LogP contribution in [0.3, 0.4) is 0 Å². The molecule has 0 spiro atoms. The third-order valence-corrected chi connectivity index (χ3v) is 9.43. The van der Waals surface area contributed by atoms with Crippen molar-refractivity contribution >= 4 is 45.6 Å². The van der Waals surface area contributed by atoms with E-state index in [2.05, 4.69) is 21.6 Å². The number of nitrogens with one attached hydrogen (secondary N) is 1. The third kappa shape index (κ3) is 5.49. The Morgan fingerprint density at radius 1 is 1.22 bits per heavy atom. The number of halogens is 1. The molecule has 2 aliphatic rings. The standard InChI is InChI=1S/C30H29FN6O2S2/c1-16-8-7-11-21(17(16)2)34-24(39)15-40-29-36-35-28(41-29)37-22-12-30(3,4)13-23(38)26(22)25(19(14-32)27(37)33)18-9-5-6-10-20(18)31/h5-11,25H,12-13,15,33H2,1-4H3,(H,34,39). The highest BCUT2D eigenvalue weighted by Crippen LogP contribution is 2.51. The fourth-order valence-corrected chi connectivity index (χ4v) is 6.98. The molecule has 1 unspecified atom stereocenters. The van der Waals surface area contributed by atoms with Crippen LogP contribution in [0.5, 0.6) is 0 Å². The van der Waals surface area contributed by atoms with Gasteiger partial charge in [-0.05, 0) is 48.9 Å². The molecule has 3 aromatic rings. The molecule has 0 saturated carbocycles. The van der Waals surface area contributed by atoms with Gasteiger partial charge in [0.1, 0.15) is 11.6 Å². The summed E-state index contributed by atoms with van der Waals surface area (Å²) in [7, 11) is 0. The van der Waals surface area contributed by atoms with E-state index in [1.807, 2.05) is 45.9 Å². The summed E-state index contributed by atoms with van der Waals surface area (Å²) in [5.74, 6) is -1.55. The first kappa shape index (κ1) is 28.5. The van der Waals surface area contributed by atoms with Crippen LogP contribution in [0, 0.1) is 36.4 Å². The zero-order chi connectivity index (χ0) is 29.5. The summed E-state index contributed by atoms with van der Waals surface area (Å²) < 4.78 is 15.6. The number of anilines is 2. The number of hydrogen-bond acceptors (Lipinski definition) is 9. The van der Waals surface area contributed by atoms with Gasteiger partial charge < -0.3 is 11.1 Å². The summed E-state index contributed by atoms with van der Waals surface area (Å²) in [4.78, 5) is 27.9. The maximum Gasteiger partial charge on any atom is 0.234 e. The summed E-state index contributed by atoms with van der Waals surface area (Å²) in [6, 6.07) is 14.0. The SMILES string of the molecule is Cc1cccc(NC(=O)CSc2nnc(N3C(N)=C(C#N)C(c4ccccc4F)C4=C3CC(C)(C)CC4=O)s2)c1C. The molecule has 0 saturated heterocycles. The van der Waals surface area contributed by atoms with E-state index in [1.165, 1.54) is 29.2 Å². The van der Waals surface area contributed by atoms with Crippen molar-refractivity contribution in [2.45, 2.75) is 50.8 Å². The van der Waals surface area contributed by atoms with E-state index in [0.717, 1.165) is 16.8 Å². The van der Waals surface area contributed by atoms with Crippen LogP contribution in [0.1, 0.15) is 49.3 Å². The molecule has 1 atom stereocenters. The number of nitriles is 1. The van der Waals surface area contributed by atoms with Gasteiger partial charge in [-0.2, -0.15) is 5.26 Å². The Labute approximate surface area is 246 Å². The van der Waals surface area contributed by atoms with Crippen molar-refractivity contribution in [2.24, 2.45) is 11.1 Å². The molecule has 5 rings (SSSR count). The smallest absolute Gasteiger partial charge is 0.234 e. The van der Waals surface area contributed by atoms with Gasteiger partial charge in [0, 0.05) is 28.9 Å². The second-order valence-corrected chi connectivity index (χ2v) is 13.1. The zero-order valence-corrected chi connectivity index (χ0v) is 24.8. The van der Waals surface area contributed by atoms with Gasteiger partial charge in [0.05, 0.1) is 23.3 Å². The number of carbonyl (C=O) groups excluding carboxylic acids is 2. The van der Waals surface area contributed by atoms with Crippen LogP contribution in [-0.2, 0) is 9.59 Å². The number of amides is 1. The van der Waals surface area contributed by atoms with E-state index >= 15 is 4.39 Å². The number of nitrogens with zero attached hydrogens (tertiary/aromatic N) is 4. The largest absolute Gasteiger partial charge is 0.384 e. The third-order valence-electron chi connectivity index (χ3n) is 7.39. The quantitative estimate of drug-likeness (QED) is 0.338. The number of nitrogens with two attached hydrogens (primary N) is 1. The van der Waals surface area contributed by atoms with E-state index in [1.54, 1.807) is 23.1 Å². The number of hydrogen-bond donors (Lipinski definition) is 2. The molecular formula is C30H29FN6O2S2. The molecule has 1 aliphatic carbocycles. The summed E-state index contributed by atoms with van der Waals surface area (Å²) >= 11 is 2.44. The Balaban J connectivity index is 1.47. The first-order valence-corrected chi connectivity index (χ1v) is 14.8. The Morgan fingerprint density at radius 2 is 1.98 bits per heavy atom. The summed E-state index contributed by atoms with van der Waals surface area (Å²) in [6.45, 7) is 7.92. The van der Waals surface area contributed by atoms with Crippen molar-refractivity contribution < 1.29 is 14.0 Å². The molecule has 1 aliphatic heterocycles. The lowest BCUT2D eigenvalue weighted by atomic mass is 9.68. The predicted molar refractivity (Wildman–Crippen MR) is 159 cm³/mol. The lowest BCUT2D eigenvalue weighted by Crippen LogP contribution is -2.42. The molecular weight excluding hydrogens is 560 g/mol. The van der Waals surface area contributed by atoms with Crippen molar-refractivity contribution in [2.75, 3.05) is 16.0 Å². The van der Waals surface area contributed by atoms with Crippen LogP contribution in [0.15, 0.2) is 69.5 Å². The average Bonchev–Trinajstić information content (AvgIpc) is 3.37. The fraction of sp³-hybridized carbons (Fsp3) is 0.300. The number of rotatable bonds is 6. The van der Waals surface area contributed by atoms with Gasteiger partial charge in [0.2, 0.25) is 11.0 Å². The van der Waals surface area contributed by atoms with Gasteiger partial charge in [0.25, 0.3) is 0 Å². The number of Topliss-reactive ketones (excluding diaryl/α,β-unsaturated/α-hetero) is 1. The molecule has 41 heavy (non-hydrogen) atoms. The molecule has 2 heterocycles. The Morgan fingerprint density at radius 3 is 2.71 bits per heavy atom. The van der Waals surface area contributed by atoms with Crippen molar-refractivity contribution in [1.82, 2.24) is 10.2 Å². The van der Waals surface area contributed by atoms with Crippen LogP contribution in [0.2, 0.25) is 0 Å². The Kier molecular flexibility index (Phi) is 7.72. The van der Waals surface area contributed by atoms with Gasteiger partial charge in [-0.15, -0.1) is 10.2 Å². The molecule has 210 valence electrons. The van der Waals surface area contributed by atoms with Gasteiger partial charge in [-0.1, -0.05) is 67.3 Å². The molecule has 1 amide bonds. The Bertz CT molecular complexity index is 1670. The molecule has 0 bridgehead atoms. The zero-order valence-electron chi connectivity index (χ0n) is 23.1. The van der Waals surface area contributed by atoms with Crippen LogP contribution < -0.4 is 16.0 Å². The highest BCUT2D eigenvalue weighted by molar-refractivity contribution is 8.01. The first-order chi connectivity index (χ1) is 19.5. The molecule has 11 heteroatoms. The summed E-state index contributed by atoms with van der Waals surface area (Å²) in [6.07, 6.45) is 0.731. The van der Waals surface area contributed by atoms with Gasteiger partial charge in [-0.3, -0.25) is 14.5 Å². The topological polar surface area (TPSA) is 125 Å². The number of ketones is 1. The number of aryl methyl sites for hydroxylation is 1. The molecule has 3 N–H and O–H groups in total. The van der Waals surface area contributed by atoms with Crippen LogP contribution >= 0.6 is 23.1 Å². The van der Waals surface area contributed by atoms with Crippen molar-refractivity contribution in [1.29, 1.82) is 5.26 Å². The number of aromatic nitrogens is 2. The monoisotopic (exact) mass is 588 g/mol. The van der Waals surface area contributed by atoms with E-state index in [9.17, 15) is 14.9 Å². The lowest BCUT2D eigenvalue weighted by molar-refractivity contribution is -0.118. The van der Waals surface area contributed by atoms with Crippen molar-refractivity contribution in [3.8, 4) is 6.07 Å². The van der Waals surface area contributed by atoms with E-state index in [-0.39, 0.29) is 46.2 Å². The average molecular weight is 589 g/mol. The van der Waals surface area contributed by atoms with Crippen molar-refractivity contribution in [3.05, 3.63) is 87.6 Å². The minimum atomic E-state index is -0.911. The van der Waals surface area contributed by atoms with Crippen LogP contribution in [-0.4, -0.2) is 27.6 Å². The predicted octanol–water partition coefficient (Wildman–Crippen LogP) is 5.97. The van der Waals surface area contributed by atoms with Crippen molar-refractivity contribution in [3.63, 3.8) is 0 Å². The maximum atomic E-state index is 15.0. The maximum absolute atomic E-state index is 15.0. The normalized spacial score (nSPS) is 18.3. The number of carbonyl (C=O) groups is 2. The first-order valence-electron chi connectivity index (χ1n) is 13.0. The second-order valence-electron chi connectivity index (χ2n) is 10.9. The summed E-state index contributed by atoms with van der Waals surface area (Å²) in [5.41, 5.74) is 10.4. The molecule has 2 aromatic carbocycles. The van der Waals surface area contributed by atoms with Gasteiger partial charge in [-0.25, -0.2) is 4.39 Å². The van der Waals surface area contributed by atoms with E-state index in [4.69, 9.17) is 5.73 Å². The molecule has 1 aromatic heterocycles. The highest BCUT2D eigenvalue weighted by Gasteiger charge is 2.46. The number of allylic oxidation sites excluding steroid dienone is 3. The number of thioether (sulfide) groups is 1. The molecule has 0 fully saturated rings. The fourth-order valence-electron chi connectivity index (χ4n) is 5.30. The van der Waals surface area contributed by atoms with Crippen LogP contribution in [0.25, 0.3) is 0 Å². The minimum Gasteiger partial charge on any atom is -0.384 e. The number of benzene rings is 2. The Hall–Kier alpha value is -4.01. The van der Waals surface area contributed by atoms with E-state index in [0.29, 0.717) is 27.2 Å². The molecule has 0 radical (unpaired) electrons. The molecule has 8 nitrogen and oxygen atoms in total. The van der Waals surface area contributed by atoms with Gasteiger partial charge >= 0.3 is 0 Å². The van der Waals surface area contributed by atoms with Gasteiger partial charge in [0.15, 0.2) is 10.1 Å². The van der Waals surface area contributed by atoms with E-state index < -0.39 is 11.7 Å². The lowest BCUT2D eigenvalue weighted by Gasteiger charge is -2.42. The summed E-state index contributed by atoms with van der Waals surface area (Å²) in [5, 5.41) is 22.1. The minimum absolute atomic E-state index is 0.0826.